The quantitative estimate of drug-likeness (QED) is 0.487. The third-order valence-corrected chi connectivity index (χ3v) is 5.52. The molecule has 0 spiro atoms. The van der Waals surface area contributed by atoms with Crippen LogP contribution in [0.1, 0.15) is 46.0 Å². The van der Waals surface area contributed by atoms with Crippen molar-refractivity contribution in [2.24, 2.45) is 0 Å². The van der Waals surface area contributed by atoms with Crippen LogP contribution in [0.5, 0.6) is 0 Å². The average molecular weight is 348 g/mol. The van der Waals surface area contributed by atoms with Gasteiger partial charge in [-0.2, -0.15) is 0 Å². The molecule has 3 aromatic rings. The maximum absolute atomic E-state index is 10.9. The second-order valence-corrected chi connectivity index (χ2v) is 7.10. The lowest BCUT2D eigenvalue weighted by Crippen LogP contribution is -1.86. The molecule has 0 saturated heterocycles. The lowest BCUT2D eigenvalue weighted by Gasteiger charge is -2.03. The molecule has 0 aliphatic carbocycles. The maximum Gasteiger partial charge on any atom is 0.150 e. The van der Waals surface area contributed by atoms with Crippen LogP contribution in [0.4, 0.5) is 0 Å². The van der Waals surface area contributed by atoms with Gasteiger partial charge in [-0.1, -0.05) is 61.9 Å². The first kappa shape index (κ1) is 17.3. The van der Waals surface area contributed by atoms with E-state index in [1.165, 1.54) is 15.3 Å². The molecule has 126 valence electrons. The number of unbranched alkanes of at least 4 members (excludes halogenated alkanes) is 1. The Hall–Kier alpha value is -2.52. The molecule has 0 unspecified atom stereocenters. The number of rotatable bonds is 7. The molecule has 0 saturated carbocycles. The Morgan fingerprint density at radius 1 is 0.840 bits per heavy atom. The van der Waals surface area contributed by atoms with E-state index < -0.39 is 0 Å². The summed E-state index contributed by atoms with van der Waals surface area (Å²) in [7, 11) is 0. The number of aldehydes is 2. The molecule has 2 aromatic carbocycles. The third-order valence-electron chi connectivity index (χ3n) is 4.25. The van der Waals surface area contributed by atoms with Gasteiger partial charge in [-0.3, -0.25) is 9.59 Å². The van der Waals surface area contributed by atoms with Crippen molar-refractivity contribution in [3.63, 3.8) is 0 Å². The lowest BCUT2D eigenvalue weighted by atomic mass is 10.0. The normalized spacial score (nSPS) is 10.6. The van der Waals surface area contributed by atoms with Crippen molar-refractivity contribution >= 4 is 23.9 Å². The largest absolute Gasteiger partial charge is 0.298 e. The first-order valence-electron chi connectivity index (χ1n) is 8.49. The van der Waals surface area contributed by atoms with Gasteiger partial charge in [-0.15, -0.1) is 11.3 Å². The van der Waals surface area contributed by atoms with Gasteiger partial charge < -0.3 is 0 Å². The average Bonchev–Trinajstić information content (AvgIpc) is 3.10. The van der Waals surface area contributed by atoms with Crippen LogP contribution in [0.2, 0.25) is 0 Å². The summed E-state index contributed by atoms with van der Waals surface area (Å²) in [6.45, 7) is 2.20. The number of carbonyl (C=O) groups excluding carboxylic acids is 2. The minimum absolute atomic E-state index is 0.691. The predicted octanol–water partition coefficient (Wildman–Crippen LogP) is 6.05. The van der Waals surface area contributed by atoms with Gasteiger partial charge in [0, 0.05) is 20.9 Å². The zero-order valence-electron chi connectivity index (χ0n) is 14.2. The van der Waals surface area contributed by atoms with Crippen LogP contribution in [0.15, 0.2) is 54.6 Å². The third kappa shape index (κ3) is 3.94. The second-order valence-electron chi connectivity index (χ2n) is 6.05. The predicted molar refractivity (Wildman–Crippen MR) is 105 cm³/mol. The standard InChI is InChI=1S/C22H20O2S/c1-2-3-4-20-13-21(18-9-5-16(14-23)6-10-18)25-22(20)19-11-7-17(15-24)8-12-19/h5-15H,2-4H2,1H3. The van der Waals surface area contributed by atoms with E-state index in [4.69, 9.17) is 0 Å². The number of benzene rings is 2. The van der Waals surface area contributed by atoms with Crippen LogP contribution in [0.25, 0.3) is 20.9 Å². The van der Waals surface area contributed by atoms with Crippen molar-refractivity contribution in [1.82, 2.24) is 0 Å². The summed E-state index contributed by atoms with van der Waals surface area (Å²) in [6.07, 6.45) is 5.09. The fourth-order valence-corrected chi connectivity index (χ4v) is 4.03. The first-order valence-corrected chi connectivity index (χ1v) is 9.30. The van der Waals surface area contributed by atoms with Crippen LogP contribution in [0.3, 0.4) is 0 Å². The Bertz CT molecular complexity index is 858. The van der Waals surface area contributed by atoms with E-state index in [9.17, 15) is 9.59 Å². The van der Waals surface area contributed by atoms with Gasteiger partial charge in [-0.25, -0.2) is 0 Å². The topological polar surface area (TPSA) is 34.1 Å². The number of hydrogen-bond donors (Lipinski definition) is 0. The molecule has 0 amide bonds. The van der Waals surface area contributed by atoms with Gasteiger partial charge in [0.15, 0.2) is 0 Å². The van der Waals surface area contributed by atoms with Crippen molar-refractivity contribution in [3.8, 4) is 20.9 Å². The molecule has 1 aromatic heterocycles. The van der Waals surface area contributed by atoms with Gasteiger partial charge in [0.1, 0.15) is 12.6 Å². The van der Waals surface area contributed by atoms with E-state index >= 15 is 0 Å². The molecule has 25 heavy (non-hydrogen) atoms. The Labute approximate surface area is 152 Å². The summed E-state index contributed by atoms with van der Waals surface area (Å²) >= 11 is 1.77. The zero-order valence-corrected chi connectivity index (χ0v) is 15.0. The summed E-state index contributed by atoms with van der Waals surface area (Å²) in [4.78, 5) is 24.2. The maximum atomic E-state index is 10.9. The van der Waals surface area contributed by atoms with Crippen LogP contribution in [-0.4, -0.2) is 12.6 Å². The molecule has 0 fully saturated rings. The highest BCUT2D eigenvalue weighted by molar-refractivity contribution is 7.19. The van der Waals surface area contributed by atoms with E-state index in [1.54, 1.807) is 11.3 Å². The lowest BCUT2D eigenvalue weighted by molar-refractivity contribution is 0.111. The van der Waals surface area contributed by atoms with E-state index in [-0.39, 0.29) is 0 Å². The Morgan fingerprint density at radius 2 is 1.40 bits per heavy atom. The Kier molecular flexibility index (Phi) is 5.56. The van der Waals surface area contributed by atoms with E-state index in [0.717, 1.165) is 43.0 Å². The van der Waals surface area contributed by atoms with Gasteiger partial charge in [0.05, 0.1) is 0 Å². The number of carbonyl (C=O) groups is 2. The molecular formula is C22H20O2S. The summed E-state index contributed by atoms with van der Waals surface area (Å²) in [5, 5.41) is 0. The van der Waals surface area contributed by atoms with Crippen molar-refractivity contribution in [2.75, 3.05) is 0 Å². The van der Waals surface area contributed by atoms with E-state index in [1.807, 2.05) is 48.5 Å². The van der Waals surface area contributed by atoms with Crippen LogP contribution >= 0.6 is 11.3 Å². The highest BCUT2D eigenvalue weighted by Crippen LogP contribution is 2.39. The molecule has 3 heteroatoms. The van der Waals surface area contributed by atoms with Gasteiger partial charge in [0.2, 0.25) is 0 Å². The van der Waals surface area contributed by atoms with Gasteiger partial charge >= 0.3 is 0 Å². The number of hydrogen-bond acceptors (Lipinski definition) is 3. The molecule has 0 atom stereocenters. The van der Waals surface area contributed by atoms with Crippen LogP contribution < -0.4 is 0 Å². The Morgan fingerprint density at radius 3 is 1.92 bits per heavy atom. The molecule has 0 N–H and O–H groups in total. The Balaban J connectivity index is 2.01. The molecule has 0 radical (unpaired) electrons. The van der Waals surface area contributed by atoms with Crippen LogP contribution in [0, 0.1) is 0 Å². The van der Waals surface area contributed by atoms with E-state index in [0.29, 0.717) is 11.1 Å². The van der Waals surface area contributed by atoms with Gasteiger partial charge in [0.25, 0.3) is 0 Å². The molecule has 2 nitrogen and oxygen atoms in total. The van der Waals surface area contributed by atoms with E-state index in [2.05, 4.69) is 13.0 Å². The van der Waals surface area contributed by atoms with Gasteiger partial charge in [-0.05, 0) is 35.6 Å². The molecule has 0 aliphatic rings. The summed E-state index contributed by atoms with van der Waals surface area (Å²) in [5.74, 6) is 0. The highest BCUT2D eigenvalue weighted by atomic mass is 32.1. The second kappa shape index (κ2) is 8.04. The molecular weight excluding hydrogens is 328 g/mol. The number of aryl methyl sites for hydroxylation is 1. The molecule has 0 bridgehead atoms. The smallest absolute Gasteiger partial charge is 0.150 e. The summed E-state index contributed by atoms with van der Waals surface area (Å²) in [6, 6.07) is 17.7. The fraction of sp³-hybridized carbons (Fsp3) is 0.182. The number of thiophene rings is 1. The van der Waals surface area contributed by atoms with Crippen molar-refractivity contribution in [1.29, 1.82) is 0 Å². The minimum atomic E-state index is 0.691. The monoisotopic (exact) mass is 348 g/mol. The zero-order chi connectivity index (χ0) is 17.6. The van der Waals surface area contributed by atoms with Crippen molar-refractivity contribution < 1.29 is 9.59 Å². The SMILES string of the molecule is CCCCc1cc(-c2ccc(C=O)cc2)sc1-c1ccc(C=O)cc1. The van der Waals surface area contributed by atoms with Crippen LogP contribution in [-0.2, 0) is 6.42 Å². The minimum Gasteiger partial charge on any atom is -0.298 e. The summed E-state index contributed by atoms with van der Waals surface area (Å²) < 4.78 is 0. The summed E-state index contributed by atoms with van der Waals surface area (Å²) in [5.41, 5.74) is 5.01. The first-order chi connectivity index (χ1) is 12.2. The van der Waals surface area contributed by atoms with Crippen molar-refractivity contribution in [2.45, 2.75) is 26.2 Å². The molecule has 1 heterocycles. The molecule has 0 aliphatic heterocycles. The highest BCUT2D eigenvalue weighted by Gasteiger charge is 2.12. The van der Waals surface area contributed by atoms with Crippen molar-refractivity contribution in [3.05, 3.63) is 71.3 Å². The fourth-order valence-electron chi connectivity index (χ4n) is 2.81. The molecule has 3 rings (SSSR count).